The third-order valence-electron chi connectivity index (χ3n) is 7.61. The third-order valence-corrected chi connectivity index (χ3v) is 9.30. The van der Waals surface area contributed by atoms with Crippen LogP contribution in [0.5, 0.6) is 17.2 Å². The molecule has 0 aromatic heterocycles. The Morgan fingerprint density at radius 1 is 0.660 bits per heavy atom. The summed E-state index contributed by atoms with van der Waals surface area (Å²) in [5, 5.41) is 42.4. The minimum atomic E-state index is -4.86. The van der Waals surface area contributed by atoms with Gasteiger partial charge in [-0.05, 0) is 90.0 Å². The Kier molecular flexibility index (Phi) is 8.94. The lowest BCUT2D eigenvalue weighted by Crippen LogP contribution is -1.99. The van der Waals surface area contributed by atoms with Gasteiger partial charge in [-0.1, -0.05) is 18.2 Å². The number of benzene rings is 6. The molecule has 0 heterocycles. The molecule has 16 heteroatoms. The Balaban J connectivity index is 1.33. The van der Waals surface area contributed by atoms with Crippen LogP contribution in [0.15, 0.2) is 127 Å². The van der Waals surface area contributed by atoms with Crippen molar-refractivity contribution < 1.29 is 40.9 Å². The van der Waals surface area contributed by atoms with Gasteiger partial charge < -0.3 is 20.3 Å². The third kappa shape index (κ3) is 7.08. The van der Waals surface area contributed by atoms with Gasteiger partial charge in [0.1, 0.15) is 27.8 Å². The van der Waals surface area contributed by atoms with Crippen LogP contribution in [-0.4, -0.2) is 43.3 Å². The average molecular weight is 714 g/mol. The summed E-state index contributed by atoms with van der Waals surface area (Å²) < 4.78 is 72.9. The predicted octanol–water partition coefficient (Wildman–Crippen LogP) is 8.79. The molecular weight excluding hydrogens is 687 g/mol. The highest BCUT2D eigenvalue weighted by Crippen LogP contribution is 2.44. The highest BCUT2D eigenvalue weighted by Gasteiger charge is 2.23. The maximum Gasteiger partial charge on any atom is 0.296 e. The number of para-hydroxylation sites is 1. The fourth-order valence-electron chi connectivity index (χ4n) is 5.16. The molecule has 0 saturated heterocycles. The highest BCUT2D eigenvalue weighted by molar-refractivity contribution is 7.86. The molecule has 6 rings (SSSR count). The van der Waals surface area contributed by atoms with E-state index >= 15 is 0 Å². The minimum absolute atomic E-state index is 0.145. The van der Waals surface area contributed by atoms with Crippen LogP contribution in [0.3, 0.4) is 0 Å². The van der Waals surface area contributed by atoms with Crippen molar-refractivity contribution in [2.24, 2.45) is 20.5 Å². The SMILES string of the molecule is COc1cc(N=Nc2ccc3c(O)cc(S(=O)(=O)O)cc3c2)c(C)cc1N=Nc1c(S(=O)(=O)O)cc2cc(Nc3ccccc3)ccc2c1O. The number of azo groups is 2. The van der Waals surface area contributed by atoms with E-state index in [0.29, 0.717) is 38.8 Å². The number of phenolic OH excluding ortho intramolecular Hbond substituents is 2. The monoisotopic (exact) mass is 713 g/mol. The van der Waals surface area contributed by atoms with E-state index in [1.54, 1.807) is 37.3 Å². The van der Waals surface area contributed by atoms with Crippen LogP contribution in [0, 0.1) is 6.92 Å². The van der Waals surface area contributed by atoms with Gasteiger partial charge in [-0.3, -0.25) is 9.11 Å². The van der Waals surface area contributed by atoms with Gasteiger partial charge in [-0.25, -0.2) is 0 Å². The van der Waals surface area contributed by atoms with Gasteiger partial charge in [-0.2, -0.15) is 27.1 Å². The number of fused-ring (bicyclic) bond motifs is 2. The molecule has 6 aromatic rings. The Labute approximate surface area is 285 Å². The average Bonchev–Trinajstić information content (AvgIpc) is 3.06. The number of aromatic hydroxyl groups is 2. The molecule has 14 nitrogen and oxygen atoms in total. The number of rotatable bonds is 9. The van der Waals surface area contributed by atoms with E-state index in [4.69, 9.17) is 4.74 Å². The summed E-state index contributed by atoms with van der Waals surface area (Å²) in [5.74, 6) is -0.687. The van der Waals surface area contributed by atoms with Crippen molar-refractivity contribution in [1.82, 2.24) is 0 Å². The molecule has 0 aliphatic rings. The Morgan fingerprint density at radius 3 is 2.06 bits per heavy atom. The summed E-state index contributed by atoms with van der Waals surface area (Å²) in [4.78, 5) is -1.13. The maximum atomic E-state index is 12.4. The molecule has 6 aromatic carbocycles. The number of hydrogen-bond acceptors (Lipinski definition) is 12. The standard InChI is InChI=1S/C34H27N5O9S2/c1-19-12-29(31(48-2)18-28(19)37-36-24-9-10-26-20(14-24)15-25(17-30(26)40)49(42,43)44)38-39-33-32(50(45,46)47)16-21-13-23(8-11-27(21)34(33)41)35-22-6-4-3-5-7-22/h3-18,35,40-41H,1-2H3,(H,42,43,44)(H,45,46,47). The first-order chi connectivity index (χ1) is 23.7. The largest absolute Gasteiger partial charge is 0.507 e. The first-order valence-corrected chi connectivity index (χ1v) is 17.4. The zero-order valence-corrected chi connectivity index (χ0v) is 27.8. The van der Waals surface area contributed by atoms with Gasteiger partial charge in [-0.15, -0.1) is 10.2 Å². The van der Waals surface area contributed by atoms with Crippen molar-refractivity contribution in [2.45, 2.75) is 16.7 Å². The van der Waals surface area contributed by atoms with Crippen molar-refractivity contribution in [2.75, 3.05) is 12.4 Å². The number of methoxy groups -OCH3 is 1. The second-order valence-electron chi connectivity index (χ2n) is 11.0. The van der Waals surface area contributed by atoms with Crippen molar-refractivity contribution in [3.63, 3.8) is 0 Å². The Hall–Kier alpha value is -5.94. The van der Waals surface area contributed by atoms with Gasteiger partial charge in [0.05, 0.1) is 23.4 Å². The molecule has 0 aliphatic heterocycles. The topological polar surface area (TPSA) is 220 Å². The van der Waals surface area contributed by atoms with E-state index in [9.17, 15) is 36.2 Å². The van der Waals surface area contributed by atoms with E-state index in [0.717, 1.165) is 11.8 Å². The molecule has 0 amide bonds. The van der Waals surface area contributed by atoms with Crippen LogP contribution in [0.2, 0.25) is 0 Å². The van der Waals surface area contributed by atoms with Crippen LogP contribution in [0.1, 0.15) is 5.56 Å². The Bertz CT molecular complexity index is 2590. The van der Waals surface area contributed by atoms with E-state index in [1.165, 1.54) is 37.4 Å². The van der Waals surface area contributed by atoms with Crippen LogP contribution < -0.4 is 10.1 Å². The first-order valence-electron chi connectivity index (χ1n) is 14.6. The van der Waals surface area contributed by atoms with E-state index < -0.39 is 41.5 Å². The van der Waals surface area contributed by atoms with Crippen molar-refractivity contribution >= 4 is 75.9 Å². The van der Waals surface area contributed by atoms with E-state index in [2.05, 4.69) is 25.8 Å². The molecule has 0 saturated carbocycles. The smallest absolute Gasteiger partial charge is 0.296 e. The van der Waals surface area contributed by atoms with E-state index in [-0.39, 0.29) is 22.6 Å². The normalized spacial score (nSPS) is 12.3. The first kappa shape index (κ1) is 33.9. The number of nitrogens with one attached hydrogen (secondary N) is 1. The number of nitrogens with zero attached hydrogens (tertiary/aromatic N) is 4. The number of anilines is 2. The lowest BCUT2D eigenvalue weighted by atomic mass is 10.1. The lowest BCUT2D eigenvalue weighted by Gasteiger charge is -2.12. The predicted molar refractivity (Wildman–Crippen MR) is 187 cm³/mol. The van der Waals surface area contributed by atoms with Gasteiger partial charge in [0.25, 0.3) is 20.2 Å². The molecule has 0 unspecified atom stereocenters. The number of aryl methyl sites for hydroxylation is 1. The summed E-state index contributed by atoms with van der Waals surface area (Å²) in [6, 6.07) is 25.1. The lowest BCUT2D eigenvalue weighted by molar-refractivity contribution is 0.416. The molecule has 50 heavy (non-hydrogen) atoms. The quantitative estimate of drug-likeness (QED) is 0.0708. The second kappa shape index (κ2) is 13.2. The molecule has 0 fully saturated rings. The number of phenols is 2. The zero-order valence-electron chi connectivity index (χ0n) is 26.2. The highest BCUT2D eigenvalue weighted by atomic mass is 32.2. The van der Waals surface area contributed by atoms with Gasteiger partial charge in [0.15, 0.2) is 5.75 Å². The van der Waals surface area contributed by atoms with Crippen LogP contribution >= 0.6 is 0 Å². The Morgan fingerprint density at radius 2 is 1.36 bits per heavy atom. The fourth-order valence-corrected chi connectivity index (χ4v) is 6.35. The minimum Gasteiger partial charge on any atom is -0.507 e. The zero-order chi connectivity index (χ0) is 35.8. The van der Waals surface area contributed by atoms with Crippen LogP contribution in [-0.2, 0) is 20.2 Å². The maximum absolute atomic E-state index is 12.4. The van der Waals surface area contributed by atoms with Crippen molar-refractivity contribution in [1.29, 1.82) is 0 Å². The fraction of sp³-hybridized carbons (Fsp3) is 0.0588. The van der Waals surface area contributed by atoms with E-state index in [1.807, 2.05) is 30.3 Å². The summed E-state index contributed by atoms with van der Waals surface area (Å²) in [6.45, 7) is 1.70. The van der Waals surface area contributed by atoms with Gasteiger partial charge in [0, 0.05) is 34.3 Å². The molecular formula is C34H27N5O9S2. The van der Waals surface area contributed by atoms with Crippen LogP contribution in [0.4, 0.5) is 34.1 Å². The van der Waals surface area contributed by atoms with Crippen molar-refractivity contribution in [3.8, 4) is 17.2 Å². The summed E-state index contributed by atoms with van der Waals surface area (Å²) in [7, 11) is -8.06. The summed E-state index contributed by atoms with van der Waals surface area (Å²) in [5.41, 5.74) is 2.27. The second-order valence-corrected chi connectivity index (χ2v) is 13.8. The van der Waals surface area contributed by atoms with Crippen LogP contribution in [0.25, 0.3) is 21.5 Å². The molecule has 5 N–H and O–H groups in total. The molecule has 0 bridgehead atoms. The molecule has 0 spiro atoms. The molecule has 254 valence electrons. The van der Waals surface area contributed by atoms with Gasteiger partial charge in [0.2, 0.25) is 0 Å². The molecule has 0 atom stereocenters. The number of ether oxygens (including phenoxy) is 1. The van der Waals surface area contributed by atoms with Gasteiger partial charge >= 0.3 is 0 Å². The molecule has 0 aliphatic carbocycles. The summed E-state index contributed by atoms with van der Waals surface area (Å²) in [6.07, 6.45) is 0. The summed E-state index contributed by atoms with van der Waals surface area (Å²) >= 11 is 0. The number of hydrogen-bond donors (Lipinski definition) is 5. The molecule has 0 radical (unpaired) electrons. The van der Waals surface area contributed by atoms with Crippen molar-refractivity contribution in [3.05, 3.63) is 103 Å².